The number of rotatable bonds is 6. The zero-order chi connectivity index (χ0) is 21.8. The SMILES string of the molecule is CCN(C(=O)[C@H]1CCCN(c2nc(-c3ccc(OC)cc3)no2)C1)c1cccc(Cl)c1. The Bertz CT molecular complexity index is 1040. The van der Waals surface area contributed by atoms with E-state index in [0.29, 0.717) is 30.0 Å². The molecule has 162 valence electrons. The van der Waals surface area contributed by atoms with Crippen molar-refractivity contribution in [3.05, 3.63) is 53.6 Å². The van der Waals surface area contributed by atoms with Gasteiger partial charge in [-0.1, -0.05) is 22.8 Å². The van der Waals surface area contributed by atoms with Crippen LogP contribution in [-0.2, 0) is 4.79 Å². The minimum Gasteiger partial charge on any atom is -0.497 e. The van der Waals surface area contributed by atoms with Crippen LogP contribution in [0.3, 0.4) is 0 Å². The third-order valence-electron chi connectivity index (χ3n) is 5.51. The van der Waals surface area contributed by atoms with Crippen LogP contribution in [0.1, 0.15) is 19.8 Å². The molecule has 0 aliphatic carbocycles. The summed E-state index contributed by atoms with van der Waals surface area (Å²) in [5.41, 5.74) is 1.66. The maximum atomic E-state index is 13.3. The third-order valence-corrected chi connectivity index (χ3v) is 5.74. The predicted octanol–water partition coefficient (Wildman–Crippen LogP) is 4.67. The summed E-state index contributed by atoms with van der Waals surface area (Å²) in [6.45, 7) is 3.87. The lowest BCUT2D eigenvalue weighted by Crippen LogP contribution is -2.45. The average Bonchev–Trinajstić information content (AvgIpc) is 3.30. The normalized spacial score (nSPS) is 16.2. The molecule has 0 spiro atoms. The van der Waals surface area contributed by atoms with Gasteiger partial charge in [-0.05, 0) is 62.2 Å². The monoisotopic (exact) mass is 440 g/mol. The van der Waals surface area contributed by atoms with Crippen LogP contribution in [0.15, 0.2) is 53.1 Å². The van der Waals surface area contributed by atoms with Crippen molar-refractivity contribution in [3.8, 4) is 17.1 Å². The zero-order valence-electron chi connectivity index (χ0n) is 17.6. The van der Waals surface area contributed by atoms with Crippen molar-refractivity contribution in [2.45, 2.75) is 19.8 Å². The Morgan fingerprint density at radius 3 is 2.81 bits per heavy atom. The molecule has 3 aromatic rings. The topological polar surface area (TPSA) is 71.7 Å². The lowest BCUT2D eigenvalue weighted by Gasteiger charge is -2.33. The summed E-state index contributed by atoms with van der Waals surface area (Å²) >= 11 is 6.13. The average molecular weight is 441 g/mol. The number of methoxy groups -OCH3 is 1. The number of carbonyl (C=O) groups excluding carboxylic acids is 1. The summed E-state index contributed by atoms with van der Waals surface area (Å²) in [6, 6.07) is 15.3. The van der Waals surface area contributed by atoms with E-state index in [-0.39, 0.29) is 11.8 Å². The fourth-order valence-electron chi connectivity index (χ4n) is 3.88. The minimum atomic E-state index is -0.149. The van der Waals surface area contributed by atoms with Crippen LogP contribution >= 0.6 is 11.6 Å². The fourth-order valence-corrected chi connectivity index (χ4v) is 4.07. The van der Waals surface area contributed by atoms with Gasteiger partial charge in [0, 0.05) is 35.9 Å². The predicted molar refractivity (Wildman–Crippen MR) is 121 cm³/mol. The van der Waals surface area contributed by atoms with Gasteiger partial charge in [0.2, 0.25) is 11.7 Å². The first-order chi connectivity index (χ1) is 15.1. The highest BCUT2D eigenvalue weighted by molar-refractivity contribution is 6.30. The molecule has 8 heteroatoms. The van der Waals surface area contributed by atoms with Crippen LogP contribution in [0.4, 0.5) is 11.7 Å². The molecule has 0 saturated carbocycles. The van der Waals surface area contributed by atoms with E-state index < -0.39 is 0 Å². The Morgan fingerprint density at radius 2 is 2.10 bits per heavy atom. The van der Waals surface area contributed by atoms with Crippen molar-refractivity contribution < 1.29 is 14.1 Å². The van der Waals surface area contributed by atoms with Crippen molar-refractivity contribution >= 4 is 29.2 Å². The number of piperidine rings is 1. The molecule has 0 unspecified atom stereocenters. The second-order valence-corrected chi connectivity index (χ2v) is 7.91. The van der Waals surface area contributed by atoms with Crippen molar-refractivity contribution in [1.29, 1.82) is 0 Å². The molecule has 0 radical (unpaired) electrons. The van der Waals surface area contributed by atoms with E-state index in [1.807, 2.05) is 60.4 Å². The number of anilines is 2. The number of hydrogen-bond donors (Lipinski definition) is 0. The van der Waals surface area contributed by atoms with E-state index in [1.54, 1.807) is 12.0 Å². The van der Waals surface area contributed by atoms with Crippen molar-refractivity contribution in [1.82, 2.24) is 10.1 Å². The van der Waals surface area contributed by atoms with E-state index in [0.717, 1.165) is 36.4 Å². The highest BCUT2D eigenvalue weighted by Crippen LogP contribution is 2.28. The highest BCUT2D eigenvalue weighted by Gasteiger charge is 2.31. The van der Waals surface area contributed by atoms with E-state index in [4.69, 9.17) is 20.9 Å². The number of ether oxygens (including phenoxy) is 1. The second-order valence-electron chi connectivity index (χ2n) is 7.48. The van der Waals surface area contributed by atoms with Gasteiger partial charge in [-0.3, -0.25) is 4.79 Å². The summed E-state index contributed by atoms with van der Waals surface area (Å²) in [7, 11) is 1.63. The number of aromatic nitrogens is 2. The van der Waals surface area contributed by atoms with Crippen LogP contribution in [0.5, 0.6) is 5.75 Å². The Hall–Kier alpha value is -3.06. The number of carbonyl (C=O) groups is 1. The van der Waals surface area contributed by atoms with E-state index in [1.165, 1.54) is 0 Å². The molecule has 2 heterocycles. The van der Waals surface area contributed by atoms with Crippen LogP contribution < -0.4 is 14.5 Å². The summed E-state index contributed by atoms with van der Waals surface area (Å²) in [5.74, 6) is 1.22. The van der Waals surface area contributed by atoms with Gasteiger partial charge in [0.25, 0.3) is 0 Å². The van der Waals surface area contributed by atoms with Gasteiger partial charge in [0.15, 0.2) is 0 Å². The molecule has 1 saturated heterocycles. The molecule has 2 aromatic carbocycles. The maximum Gasteiger partial charge on any atom is 0.324 e. The summed E-state index contributed by atoms with van der Waals surface area (Å²) in [4.78, 5) is 21.6. The van der Waals surface area contributed by atoms with Gasteiger partial charge in [-0.15, -0.1) is 0 Å². The molecule has 1 atom stereocenters. The van der Waals surface area contributed by atoms with Crippen molar-refractivity contribution in [3.63, 3.8) is 0 Å². The second kappa shape index (κ2) is 9.39. The van der Waals surface area contributed by atoms with Gasteiger partial charge < -0.3 is 19.1 Å². The summed E-state index contributed by atoms with van der Waals surface area (Å²) in [6.07, 6.45) is 1.70. The first-order valence-corrected chi connectivity index (χ1v) is 10.8. The third kappa shape index (κ3) is 4.66. The molecular weight excluding hydrogens is 416 g/mol. The molecule has 31 heavy (non-hydrogen) atoms. The van der Waals surface area contributed by atoms with Gasteiger partial charge in [0.05, 0.1) is 13.0 Å². The van der Waals surface area contributed by atoms with Crippen molar-refractivity contribution in [2.75, 3.05) is 36.5 Å². The number of benzene rings is 2. The van der Waals surface area contributed by atoms with Crippen LogP contribution in [-0.4, -0.2) is 42.8 Å². The van der Waals surface area contributed by atoms with E-state index in [9.17, 15) is 4.79 Å². The lowest BCUT2D eigenvalue weighted by molar-refractivity contribution is -0.122. The molecular formula is C23H25ClN4O3. The quantitative estimate of drug-likeness (QED) is 0.554. The number of hydrogen-bond acceptors (Lipinski definition) is 6. The Balaban J connectivity index is 1.48. The Kier molecular flexibility index (Phi) is 6.42. The van der Waals surface area contributed by atoms with Gasteiger partial charge >= 0.3 is 6.01 Å². The fraction of sp³-hybridized carbons (Fsp3) is 0.348. The first kappa shape index (κ1) is 21.2. The molecule has 0 bridgehead atoms. The smallest absolute Gasteiger partial charge is 0.324 e. The van der Waals surface area contributed by atoms with Gasteiger partial charge in [-0.25, -0.2) is 0 Å². The highest BCUT2D eigenvalue weighted by atomic mass is 35.5. The van der Waals surface area contributed by atoms with E-state index >= 15 is 0 Å². The molecule has 0 N–H and O–H groups in total. The molecule has 1 aliphatic rings. The summed E-state index contributed by atoms with van der Waals surface area (Å²) < 4.78 is 10.7. The number of amides is 1. The van der Waals surface area contributed by atoms with Crippen LogP contribution in [0.2, 0.25) is 5.02 Å². The lowest BCUT2D eigenvalue weighted by atomic mass is 9.96. The summed E-state index contributed by atoms with van der Waals surface area (Å²) in [5, 5.41) is 4.73. The molecule has 4 rings (SSSR count). The van der Waals surface area contributed by atoms with E-state index in [2.05, 4.69) is 10.1 Å². The largest absolute Gasteiger partial charge is 0.497 e. The Morgan fingerprint density at radius 1 is 1.29 bits per heavy atom. The maximum absolute atomic E-state index is 13.3. The number of nitrogens with zero attached hydrogens (tertiary/aromatic N) is 4. The molecule has 1 aromatic heterocycles. The Labute approximate surface area is 186 Å². The molecule has 7 nitrogen and oxygen atoms in total. The standard InChI is InChI=1S/C23H25ClN4O3/c1-3-28(19-8-4-7-18(24)14-19)22(29)17-6-5-13-27(15-17)23-25-21(26-31-23)16-9-11-20(30-2)12-10-16/h4,7-12,14,17H,3,5-6,13,15H2,1-2H3/t17-/m0/s1. The van der Waals surface area contributed by atoms with Gasteiger partial charge in [-0.2, -0.15) is 4.98 Å². The zero-order valence-corrected chi connectivity index (χ0v) is 18.4. The molecule has 1 amide bonds. The van der Waals surface area contributed by atoms with Crippen LogP contribution in [0, 0.1) is 5.92 Å². The van der Waals surface area contributed by atoms with Gasteiger partial charge in [0.1, 0.15) is 5.75 Å². The van der Waals surface area contributed by atoms with Crippen LogP contribution in [0.25, 0.3) is 11.4 Å². The molecule has 1 fully saturated rings. The number of halogens is 1. The first-order valence-electron chi connectivity index (χ1n) is 10.4. The molecule has 1 aliphatic heterocycles. The minimum absolute atomic E-state index is 0.0874. The van der Waals surface area contributed by atoms with Crippen molar-refractivity contribution in [2.24, 2.45) is 5.92 Å².